The number of imidazole rings is 1. The van der Waals surface area contributed by atoms with E-state index in [1.807, 2.05) is 17.8 Å². The van der Waals surface area contributed by atoms with Gasteiger partial charge >= 0.3 is 0 Å². The molecule has 0 spiro atoms. The van der Waals surface area contributed by atoms with Gasteiger partial charge in [0.2, 0.25) is 5.91 Å². The quantitative estimate of drug-likeness (QED) is 0.640. The summed E-state index contributed by atoms with van der Waals surface area (Å²) in [5, 5.41) is 0. The van der Waals surface area contributed by atoms with Crippen molar-refractivity contribution < 1.29 is 18.7 Å². The summed E-state index contributed by atoms with van der Waals surface area (Å²) >= 11 is 0. The summed E-state index contributed by atoms with van der Waals surface area (Å²) in [7, 11) is 1.88. The van der Waals surface area contributed by atoms with Crippen LogP contribution in [0.3, 0.4) is 0 Å². The van der Waals surface area contributed by atoms with Gasteiger partial charge < -0.3 is 9.30 Å². The molecule has 3 aromatic rings. The molecule has 0 saturated carbocycles. The fourth-order valence-corrected chi connectivity index (χ4v) is 2.42. The summed E-state index contributed by atoms with van der Waals surface area (Å²) in [6.07, 6.45) is 3.55. The van der Waals surface area contributed by atoms with Gasteiger partial charge in [0.25, 0.3) is 5.91 Å². The number of carbonyl (C=O) groups excluding carboxylic acids is 2. The maximum absolute atomic E-state index is 12.9. The summed E-state index contributed by atoms with van der Waals surface area (Å²) in [6, 6.07) is 12.1. The first-order chi connectivity index (χ1) is 13.5. The molecule has 8 heteroatoms. The van der Waals surface area contributed by atoms with E-state index in [2.05, 4.69) is 15.8 Å². The van der Waals surface area contributed by atoms with Crippen molar-refractivity contribution in [3.8, 4) is 5.75 Å². The molecular weight excluding hydrogens is 363 g/mol. The van der Waals surface area contributed by atoms with E-state index in [1.165, 1.54) is 24.3 Å². The van der Waals surface area contributed by atoms with Gasteiger partial charge in [0.05, 0.1) is 6.42 Å². The standard InChI is InChI=1S/C20H19FN4O3/c1-25-11-10-22-18(25)13-28-17-8-4-15(5-9-17)20(27)24-23-19(26)12-14-2-6-16(21)7-3-14/h2-11H,12-13H2,1H3,(H,23,26)(H,24,27). The Morgan fingerprint density at radius 3 is 2.43 bits per heavy atom. The van der Waals surface area contributed by atoms with Crippen molar-refractivity contribution in [2.45, 2.75) is 13.0 Å². The maximum atomic E-state index is 12.9. The summed E-state index contributed by atoms with van der Waals surface area (Å²) < 4.78 is 20.3. The first-order valence-electron chi connectivity index (χ1n) is 8.54. The normalized spacial score (nSPS) is 10.4. The topological polar surface area (TPSA) is 85.2 Å². The number of hydrazine groups is 1. The van der Waals surface area contributed by atoms with Crippen LogP contribution in [-0.2, 0) is 24.9 Å². The number of ether oxygens (including phenoxy) is 1. The molecule has 0 aliphatic carbocycles. The minimum atomic E-state index is -0.455. The maximum Gasteiger partial charge on any atom is 0.269 e. The fraction of sp³-hybridized carbons (Fsp3) is 0.150. The van der Waals surface area contributed by atoms with E-state index in [-0.39, 0.29) is 12.2 Å². The Kier molecular flexibility index (Phi) is 6.01. The molecule has 0 aliphatic heterocycles. The van der Waals surface area contributed by atoms with Crippen molar-refractivity contribution in [2.75, 3.05) is 0 Å². The lowest BCUT2D eigenvalue weighted by atomic mass is 10.1. The summed E-state index contributed by atoms with van der Waals surface area (Å²) in [6.45, 7) is 0.314. The zero-order valence-electron chi connectivity index (χ0n) is 15.2. The molecule has 0 saturated heterocycles. The number of aryl methyl sites for hydroxylation is 1. The number of nitrogens with zero attached hydrogens (tertiary/aromatic N) is 2. The van der Waals surface area contributed by atoms with Crippen molar-refractivity contribution in [1.82, 2.24) is 20.4 Å². The van der Waals surface area contributed by atoms with E-state index in [1.54, 1.807) is 30.5 Å². The highest BCUT2D eigenvalue weighted by atomic mass is 19.1. The van der Waals surface area contributed by atoms with Crippen LogP contribution < -0.4 is 15.6 Å². The molecular formula is C20H19FN4O3. The van der Waals surface area contributed by atoms with E-state index < -0.39 is 11.8 Å². The Morgan fingerprint density at radius 2 is 1.79 bits per heavy atom. The second-order valence-electron chi connectivity index (χ2n) is 6.07. The monoisotopic (exact) mass is 382 g/mol. The average Bonchev–Trinajstić information content (AvgIpc) is 3.11. The number of aromatic nitrogens is 2. The zero-order valence-corrected chi connectivity index (χ0v) is 15.2. The number of hydrogen-bond donors (Lipinski definition) is 2. The second-order valence-corrected chi connectivity index (χ2v) is 6.07. The number of amides is 2. The van der Waals surface area contributed by atoms with Gasteiger partial charge in [-0.25, -0.2) is 9.37 Å². The summed E-state index contributed by atoms with van der Waals surface area (Å²) in [5.41, 5.74) is 5.69. The lowest BCUT2D eigenvalue weighted by Gasteiger charge is -2.09. The molecule has 3 rings (SSSR count). The van der Waals surface area contributed by atoms with Gasteiger partial charge in [-0.05, 0) is 42.0 Å². The van der Waals surface area contributed by atoms with E-state index in [0.29, 0.717) is 23.5 Å². The number of rotatable bonds is 6. The molecule has 1 aromatic heterocycles. The van der Waals surface area contributed by atoms with Crippen molar-refractivity contribution in [3.05, 3.63) is 83.7 Å². The van der Waals surface area contributed by atoms with Gasteiger partial charge in [-0.15, -0.1) is 0 Å². The molecule has 0 unspecified atom stereocenters. The molecule has 2 amide bonds. The second kappa shape index (κ2) is 8.81. The van der Waals surface area contributed by atoms with E-state index in [0.717, 1.165) is 5.82 Å². The molecule has 0 atom stereocenters. The molecule has 1 heterocycles. The Balaban J connectivity index is 1.46. The van der Waals surface area contributed by atoms with Crippen LogP contribution in [0.5, 0.6) is 5.75 Å². The minimum Gasteiger partial charge on any atom is -0.486 e. The highest BCUT2D eigenvalue weighted by Crippen LogP contribution is 2.13. The Bertz CT molecular complexity index is 952. The van der Waals surface area contributed by atoms with Crippen molar-refractivity contribution in [1.29, 1.82) is 0 Å². The predicted molar refractivity (Wildman–Crippen MR) is 99.7 cm³/mol. The third-order valence-electron chi connectivity index (χ3n) is 4.00. The molecule has 0 aliphatic rings. The first kappa shape index (κ1) is 19.1. The Morgan fingerprint density at radius 1 is 1.07 bits per heavy atom. The van der Waals surface area contributed by atoms with Gasteiger partial charge in [0.15, 0.2) is 0 Å². The Labute approximate surface area is 161 Å². The molecule has 0 fully saturated rings. The zero-order chi connectivity index (χ0) is 19.9. The van der Waals surface area contributed by atoms with Gasteiger partial charge in [-0.1, -0.05) is 12.1 Å². The van der Waals surface area contributed by atoms with Gasteiger partial charge in [0, 0.05) is 25.0 Å². The number of benzene rings is 2. The van der Waals surface area contributed by atoms with Crippen LogP contribution in [0, 0.1) is 5.82 Å². The smallest absolute Gasteiger partial charge is 0.269 e. The largest absolute Gasteiger partial charge is 0.486 e. The van der Waals surface area contributed by atoms with E-state index in [4.69, 9.17) is 4.74 Å². The average molecular weight is 382 g/mol. The number of carbonyl (C=O) groups is 2. The van der Waals surface area contributed by atoms with Crippen LogP contribution in [0.15, 0.2) is 60.9 Å². The van der Waals surface area contributed by atoms with Crippen LogP contribution in [0.2, 0.25) is 0 Å². The first-order valence-corrected chi connectivity index (χ1v) is 8.54. The number of halogens is 1. The highest BCUT2D eigenvalue weighted by molar-refractivity contribution is 5.95. The predicted octanol–water partition coefficient (Wildman–Crippen LogP) is 2.14. The lowest BCUT2D eigenvalue weighted by Crippen LogP contribution is -2.42. The highest BCUT2D eigenvalue weighted by Gasteiger charge is 2.09. The van der Waals surface area contributed by atoms with Crippen molar-refractivity contribution in [2.24, 2.45) is 7.05 Å². The molecule has 144 valence electrons. The number of hydrogen-bond acceptors (Lipinski definition) is 4. The lowest BCUT2D eigenvalue weighted by molar-refractivity contribution is -0.121. The van der Waals surface area contributed by atoms with Crippen LogP contribution in [0.4, 0.5) is 4.39 Å². The van der Waals surface area contributed by atoms with Crippen LogP contribution in [0.25, 0.3) is 0 Å². The summed E-state index contributed by atoms with van der Waals surface area (Å²) in [5.74, 6) is 0.147. The van der Waals surface area contributed by atoms with Crippen LogP contribution in [-0.4, -0.2) is 21.4 Å². The van der Waals surface area contributed by atoms with Gasteiger partial charge in [-0.2, -0.15) is 0 Å². The number of nitrogens with one attached hydrogen (secondary N) is 2. The molecule has 0 bridgehead atoms. The molecule has 0 radical (unpaired) electrons. The molecule has 2 aromatic carbocycles. The van der Waals surface area contributed by atoms with Crippen molar-refractivity contribution >= 4 is 11.8 Å². The van der Waals surface area contributed by atoms with Crippen molar-refractivity contribution in [3.63, 3.8) is 0 Å². The van der Waals surface area contributed by atoms with E-state index in [9.17, 15) is 14.0 Å². The van der Waals surface area contributed by atoms with Crippen LogP contribution >= 0.6 is 0 Å². The Hall–Kier alpha value is -3.68. The van der Waals surface area contributed by atoms with Gasteiger partial charge in [0.1, 0.15) is 24.0 Å². The third-order valence-corrected chi connectivity index (χ3v) is 4.00. The minimum absolute atomic E-state index is 0.0283. The van der Waals surface area contributed by atoms with Crippen LogP contribution in [0.1, 0.15) is 21.7 Å². The SMILES string of the molecule is Cn1ccnc1COc1ccc(C(=O)NNC(=O)Cc2ccc(F)cc2)cc1. The van der Waals surface area contributed by atoms with E-state index >= 15 is 0 Å². The fourth-order valence-electron chi connectivity index (χ4n) is 2.42. The molecule has 7 nitrogen and oxygen atoms in total. The molecule has 2 N–H and O–H groups in total. The summed E-state index contributed by atoms with van der Waals surface area (Å²) in [4.78, 5) is 28.1. The van der Waals surface area contributed by atoms with Gasteiger partial charge in [-0.3, -0.25) is 20.4 Å². The third kappa shape index (κ3) is 5.16. The molecule has 28 heavy (non-hydrogen) atoms.